The SMILES string of the molecule is Cc1cc(C#N)cc(C)c1Oc1nc(Nc2ccc(C#N)cc2)nc2c1CN(C(=O)CN1CCOCC1)CC2. The van der Waals surface area contributed by atoms with Crippen LogP contribution in [0, 0.1) is 36.5 Å². The number of anilines is 2. The Morgan fingerprint density at radius 1 is 1.03 bits per heavy atom. The molecule has 2 aliphatic heterocycles. The van der Waals surface area contributed by atoms with Gasteiger partial charge >= 0.3 is 0 Å². The highest BCUT2D eigenvalue weighted by atomic mass is 16.5. The molecule has 0 saturated carbocycles. The van der Waals surface area contributed by atoms with Crippen molar-refractivity contribution in [1.29, 1.82) is 10.5 Å². The molecule has 2 aromatic carbocycles. The highest BCUT2D eigenvalue weighted by Gasteiger charge is 2.28. The Morgan fingerprint density at radius 3 is 2.38 bits per heavy atom. The third kappa shape index (κ3) is 5.99. The van der Waals surface area contributed by atoms with Crippen molar-refractivity contribution in [1.82, 2.24) is 19.8 Å². The largest absolute Gasteiger partial charge is 0.438 e. The van der Waals surface area contributed by atoms with E-state index in [4.69, 9.17) is 24.7 Å². The molecule has 1 saturated heterocycles. The number of hydrogen-bond donors (Lipinski definition) is 1. The zero-order valence-electron chi connectivity index (χ0n) is 22.0. The van der Waals surface area contributed by atoms with Crippen LogP contribution in [0.2, 0.25) is 0 Å². The summed E-state index contributed by atoms with van der Waals surface area (Å²) >= 11 is 0. The summed E-state index contributed by atoms with van der Waals surface area (Å²) in [6.07, 6.45) is 0.566. The van der Waals surface area contributed by atoms with Crippen molar-refractivity contribution in [3.63, 3.8) is 0 Å². The number of hydrogen-bond acceptors (Lipinski definition) is 9. The summed E-state index contributed by atoms with van der Waals surface area (Å²) in [5, 5.41) is 21.7. The molecule has 1 fully saturated rings. The number of nitrogens with one attached hydrogen (secondary N) is 1. The smallest absolute Gasteiger partial charge is 0.237 e. The standard InChI is InChI=1S/C29H29N7O3/c1-19-13-22(16-31)14-20(2)27(19)39-28-24-17-36(26(37)18-35-9-11-38-12-10-35)8-7-25(24)33-29(34-28)32-23-5-3-21(15-30)4-6-23/h3-6,13-14H,7-12,17-18H2,1-2H3,(H,32,33,34). The number of carbonyl (C=O) groups excluding carboxylic acids is 1. The van der Waals surface area contributed by atoms with Gasteiger partial charge in [-0.05, 0) is 61.4 Å². The number of rotatable bonds is 6. The summed E-state index contributed by atoms with van der Waals surface area (Å²) < 4.78 is 11.8. The summed E-state index contributed by atoms with van der Waals surface area (Å²) in [6.45, 7) is 7.81. The Kier molecular flexibility index (Phi) is 7.69. The predicted molar refractivity (Wildman–Crippen MR) is 144 cm³/mol. The van der Waals surface area contributed by atoms with Crippen molar-refractivity contribution in [2.24, 2.45) is 0 Å². The first kappa shape index (κ1) is 26.1. The van der Waals surface area contributed by atoms with Crippen molar-refractivity contribution in [3.8, 4) is 23.8 Å². The van der Waals surface area contributed by atoms with Crippen LogP contribution in [0.25, 0.3) is 0 Å². The number of fused-ring (bicyclic) bond motifs is 1. The molecule has 0 bridgehead atoms. The lowest BCUT2D eigenvalue weighted by Gasteiger charge is -2.32. The lowest BCUT2D eigenvalue weighted by Crippen LogP contribution is -2.46. The van der Waals surface area contributed by atoms with Crippen molar-refractivity contribution < 1.29 is 14.3 Å². The second-order valence-corrected chi connectivity index (χ2v) is 9.70. The molecule has 10 heteroatoms. The van der Waals surface area contributed by atoms with Gasteiger partial charge < -0.3 is 19.7 Å². The number of nitrogens with zero attached hydrogens (tertiary/aromatic N) is 6. The predicted octanol–water partition coefficient (Wildman–Crippen LogP) is 3.59. The first-order valence-corrected chi connectivity index (χ1v) is 12.9. The fraction of sp³-hybridized carbons (Fsp3) is 0.345. The summed E-state index contributed by atoms with van der Waals surface area (Å²) in [7, 11) is 0. The fourth-order valence-electron chi connectivity index (χ4n) is 4.82. The van der Waals surface area contributed by atoms with Gasteiger partial charge in [-0.2, -0.15) is 15.5 Å². The van der Waals surface area contributed by atoms with Gasteiger partial charge in [0.15, 0.2) is 0 Å². The van der Waals surface area contributed by atoms with Gasteiger partial charge in [0.2, 0.25) is 17.7 Å². The average molecular weight is 524 g/mol. The molecular weight excluding hydrogens is 494 g/mol. The molecule has 0 unspecified atom stereocenters. The van der Waals surface area contributed by atoms with Crippen molar-refractivity contribution in [2.75, 3.05) is 44.7 Å². The number of aryl methyl sites for hydroxylation is 2. The van der Waals surface area contributed by atoms with Crippen LogP contribution in [-0.2, 0) is 22.5 Å². The van der Waals surface area contributed by atoms with Crippen LogP contribution >= 0.6 is 0 Å². The molecule has 2 aliphatic rings. The summed E-state index contributed by atoms with van der Waals surface area (Å²) in [5.41, 5.74) is 5.08. The van der Waals surface area contributed by atoms with E-state index in [9.17, 15) is 10.1 Å². The highest BCUT2D eigenvalue weighted by molar-refractivity contribution is 5.78. The quantitative estimate of drug-likeness (QED) is 0.515. The first-order chi connectivity index (χ1) is 18.9. The van der Waals surface area contributed by atoms with E-state index in [1.807, 2.05) is 18.7 Å². The Bertz CT molecular complexity index is 1440. The topological polar surface area (TPSA) is 127 Å². The van der Waals surface area contributed by atoms with Gasteiger partial charge in [0.1, 0.15) is 5.75 Å². The first-order valence-electron chi connectivity index (χ1n) is 12.9. The highest BCUT2D eigenvalue weighted by Crippen LogP contribution is 2.35. The summed E-state index contributed by atoms with van der Waals surface area (Å²) in [5.74, 6) is 1.41. The molecule has 0 spiro atoms. The fourth-order valence-corrected chi connectivity index (χ4v) is 4.82. The molecule has 10 nitrogen and oxygen atoms in total. The van der Waals surface area contributed by atoms with Crippen LogP contribution in [0.1, 0.15) is 33.5 Å². The van der Waals surface area contributed by atoms with E-state index in [0.717, 1.165) is 41.2 Å². The van der Waals surface area contributed by atoms with Crippen LogP contribution in [0.4, 0.5) is 11.6 Å². The Morgan fingerprint density at radius 2 is 1.72 bits per heavy atom. The Hall–Kier alpha value is -4.51. The second-order valence-electron chi connectivity index (χ2n) is 9.70. The van der Waals surface area contributed by atoms with Gasteiger partial charge in [-0.25, -0.2) is 4.98 Å². The zero-order chi connectivity index (χ0) is 27.4. The summed E-state index contributed by atoms with van der Waals surface area (Å²) in [6, 6.07) is 14.9. The Labute approximate surface area is 227 Å². The number of morpholine rings is 1. The molecule has 1 N–H and O–H groups in total. The second kappa shape index (κ2) is 11.5. The van der Waals surface area contributed by atoms with Crippen molar-refractivity contribution >= 4 is 17.5 Å². The monoisotopic (exact) mass is 523 g/mol. The molecule has 0 atom stereocenters. The minimum absolute atomic E-state index is 0.0546. The lowest BCUT2D eigenvalue weighted by molar-refractivity contribution is -0.134. The minimum Gasteiger partial charge on any atom is -0.438 e. The van der Waals surface area contributed by atoms with Gasteiger partial charge in [-0.15, -0.1) is 0 Å². The van der Waals surface area contributed by atoms with Gasteiger partial charge in [-0.1, -0.05) is 0 Å². The number of amides is 1. The lowest BCUT2D eigenvalue weighted by atomic mass is 10.1. The molecule has 0 radical (unpaired) electrons. The molecule has 198 valence electrons. The number of aromatic nitrogens is 2. The maximum atomic E-state index is 13.2. The molecule has 39 heavy (non-hydrogen) atoms. The summed E-state index contributed by atoms with van der Waals surface area (Å²) in [4.78, 5) is 26.6. The van der Waals surface area contributed by atoms with E-state index < -0.39 is 0 Å². The number of nitriles is 2. The maximum absolute atomic E-state index is 13.2. The molecule has 5 rings (SSSR count). The Balaban J connectivity index is 1.46. The van der Waals surface area contributed by atoms with Gasteiger partial charge in [0, 0.05) is 31.7 Å². The average Bonchev–Trinajstić information content (AvgIpc) is 2.95. The van der Waals surface area contributed by atoms with Gasteiger partial charge in [0.25, 0.3) is 0 Å². The molecule has 3 aromatic rings. The molecular formula is C29H29N7O3. The van der Waals surface area contributed by atoms with E-state index in [1.54, 1.807) is 36.4 Å². The van der Waals surface area contributed by atoms with Crippen LogP contribution in [0.5, 0.6) is 11.6 Å². The van der Waals surface area contributed by atoms with Crippen LogP contribution < -0.4 is 10.1 Å². The normalized spacial score (nSPS) is 15.1. The van der Waals surface area contributed by atoms with E-state index in [2.05, 4.69) is 22.4 Å². The van der Waals surface area contributed by atoms with Crippen LogP contribution in [0.15, 0.2) is 36.4 Å². The minimum atomic E-state index is 0.0546. The zero-order valence-corrected chi connectivity index (χ0v) is 22.0. The number of carbonyl (C=O) groups is 1. The van der Waals surface area contributed by atoms with E-state index >= 15 is 0 Å². The van der Waals surface area contributed by atoms with Gasteiger partial charge in [0.05, 0.1) is 60.8 Å². The third-order valence-electron chi connectivity index (χ3n) is 6.90. The van der Waals surface area contributed by atoms with E-state index in [0.29, 0.717) is 68.0 Å². The molecule has 0 aliphatic carbocycles. The third-order valence-corrected chi connectivity index (χ3v) is 6.90. The van der Waals surface area contributed by atoms with Crippen molar-refractivity contribution in [2.45, 2.75) is 26.8 Å². The van der Waals surface area contributed by atoms with E-state index in [1.165, 1.54) is 0 Å². The van der Waals surface area contributed by atoms with E-state index in [-0.39, 0.29) is 5.91 Å². The number of benzene rings is 2. The molecule has 3 heterocycles. The van der Waals surface area contributed by atoms with Gasteiger partial charge in [-0.3, -0.25) is 9.69 Å². The number of ether oxygens (including phenoxy) is 2. The van der Waals surface area contributed by atoms with Crippen LogP contribution in [-0.4, -0.2) is 65.1 Å². The van der Waals surface area contributed by atoms with Crippen LogP contribution in [0.3, 0.4) is 0 Å². The molecule has 1 amide bonds. The van der Waals surface area contributed by atoms with Crippen molar-refractivity contribution in [3.05, 3.63) is 69.9 Å². The molecule has 1 aromatic heterocycles. The maximum Gasteiger partial charge on any atom is 0.237 e.